The maximum atomic E-state index is 12.7. The smallest absolute Gasteiger partial charge is 0.246 e. The van der Waals surface area contributed by atoms with Crippen LogP contribution in [0.1, 0.15) is 6.92 Å². The Balaban J connectivity index is 2.38. The zero-order valence-corrected chi connectivity index (χ0v) is 12.7. The zero-order valence-electron chi connectivity index (χ0n) is 11.9. The molecule has 1 aromatic rings. The van der Waals surface area contributed by atoms with Crippen LogP contribution in [0.5, 0.6) is 11.5 Å². The first-order valence-corrected chi connectivity index (χ1v) is 7.88. The molecule has 0 aromatic heterocycles. The Labute approximate surface area is 119 Å². The molecule has 6 nitrogen and oxygen atoms in total. The van der Waals surface area contributed by atoms with Crippen molar-refractivity contribution in [1.82, 2.24) is 9.62 Å². The molecule has 0 unspecified atom stereocenters. The van der Waals surface area contributed by atoms with Crippen molar-refractivity contribution in [2.24, 2.45) is 0 Å². The second-order valence-electron chi connectivity index (χ2n) is 4.74. The Kier molecular flexibility index (Phi) is 4.52. The first kappa shape index (κ1) is 15.1. The minimum Gasteiger partial charge on any atom is -0.497 e. The average molecular weight is 300 g/mol. The number of nitrogens with one attached hydrogen (secondary N) is 1. The molecule has 1 aliphatic heterocycles. The third-order valence-corrected chi connectivity index (χ3v) is 5.22. The van der Waals surface area contributed by atoms with Crippen LogP contribution in [-0.2, 0) is 10.0 Å². The quantitative estimate of drug-likeness (QED) is 0.886. The highest BCUT2D eigenvalue weighted by molar-refractivity contribution is 7.89. The largest absolute Gasteiger partial charge is 0.497 e. The van der Waals surface area contributed by atoms with Gasteiger partial charge in [0.05, 0.1) is 14.2 Å². The van der Waals surface area contributed by atoms with Gasteiger partial charge in [-0.3, -0.25) is 0 Å². The van der Waals surface area contributed by atoms with Gasteiger partial charge in [0.25, 0.3) is 0 Å². The number of benzene rings is 1. The lowest BCUT2D eigenvalue weighted by atomic mass is 10.3. The van der Waals surface area contributed by atoms with E-state index < -0.39 is 10.0 Å². The molecule has 0 bridgehead atoms. The standard InChI is InChI=1S/C13H20N2O4S/c1-10-9-15(7-6-14-10)20(16,17)13-5-4-11(18-2)8-12(13)19-3/h4-5,8,10,14H,6-7,9H2,1-3H3/t10-/m1/s1. The Hall–Kier alpha value is -1.31. The summed E-state index contributed by atoms with van der Waals surface area (Å²) in [5.41, 5.74) is 0. The van der Waals surface area contributed by atoms with Gasteiger partial charge < -0.3 is 14.8 Å². The summed E-state index contributed by atoms with van der Waals surface area (Å²) in [6.07, 6.45) is 0. The van der Waals surface area contributed by atoms with Crippen LogP contribution in [0.15, 0.2) is 23.1 Å². The maximum Gasteiger partial charge on any atom is 0.246 e. The summed E-state index contributed by atoms with van der Waals surface area (Å²) in [5, 5.41) is 3.22. The highest BCUT2D eigenvalue weighted by Gasteiger charge is 2.30. The Morgan fingerprint density at radius 3 is 2.65 bits per heavy atom. The first-order chi connectivity index (χ1) is 9.48. The van der Waals surface area contributed by atoms with Crippen LogP contribution in [0, 0.1) is 0 Å². The van der Waals surface area contributed by atoms with Gasteiger partial charge in [0.2, 0.25) is 10.0 Å². The molecular formula is C13H20N2O4S. The molecule has 112 valence electrons. The lowest BCUT2D eigenvalue weighted by molar-refractivity contribution is 0.308. The van der Waals surface area contributed by atoms with E-state index in [4.69, 9.17) is 9.47 Å². The third kappa shape index (κ3) is 2.89. The van der Waals surface area contributed by atoms with E-state index in [-0.39, 0.29) is 10.9 Å². The van der Waals surface area contributed by atoms with E-state index >= 15 is 0 Å². The number of hydrogen-bond acceptors (Lipinski definition) is 5. The molecule has 0 radical (unpaired) electrons. The lowest BCUT2D eigenvalue weighted by Gasteiger charge is -2.31. The minimum atomic E-state index is -3.55. The van der Waals surface area contributed by atoms with Gasteiger partial charge in [0.1, 0.15) is 16.4 Å². The fraction of sp³-hybridized carbons (Fsp3) is 0.538. The molecule has 1 aromatic carbocycles. The van der Waals surface area contributed by atoms with Crippen LogP contribution < -0.4 is 14.8 Å². The van der Waals surface area contributed by atoms with E-state index in [1.54, 1.807) is 12.1 Å². The predicted octanol–water partition coefficient (Wildman–Crippen LogP) is 0.686. The van der Waals surface area contributed by atoms with Gasteiger partial charge in [-0.25, -0.2) is 8.42 Å². The van der Waals surface area contributed by atoms with Crippen molar-refractivity contribution in [2.45, 2.75) is 17.9 Å². The van der Waals surface area contributed by atoms with E-state index in [0.717, 1.165) is 0 Å². The van der Waals surface area contributed by atoms with Gasteiger partial charge in [0.15, 0.2) is 0 Å². The number of methoxy groups -OCH3 is 2. The highest BCUT2D eigenvalue weighted by Crippen LogP contribution is 2.30. The highest BCUT2D eigenvalue weighted by atomic mass is 32.2. The van der Waals surface area contributed by atoms with Crippen molar-refractivity contribution in [2.75, 3.05) is 33.9 Å². The number of rotatable bonds is 4. The molecule has 0 amide bonds. The Bertz CT molecular complexity index is 574. The van der Waals surface area contributed by atoms with Gasteiger partial charge in [-0.05, 0) is 19.1 Å². The molecule has 1 saturated heterocycles. The van der Waals surface area contributed by atoms with E-state index in [1.165, 1.54) is 24.6 Å². The van der Waals surface area contributed by atoms with Gasteiger partial charge in [-0.2, -0.15) is 4.31 Å². The van der Waals surface area contributed by atoms with Crippen molar-refractivity contribution >= 4 is 10.0 Å². The SMILES string of the molecule is COc1ccc(S(=O)(=O)N2CCN[C@H](C)C2)c(OC)c1. The lowest BCUT2D eigenvalue weighted by Crippen LogP contribution is -2.51. The van der Waals surface area contributed by atoms with Crippen molar-refractivity contribution in [3.63, 3.8) is 0 Å². The fourth-order valence-electron chi connectivity index (χ4n) is 2.24. The summed E-state index contributed by atoms with van der Waals surface area (Å²) < 4.78 is 37.1. The molecule has 1 N–H and O–H groups in total. The molecule has 0 aliphatic carbocycles. The minimum absolute atomic E-state index is 0.141. The van der Waals surface area contributed by atoms with Gasteiger partial charge in [-0.1, -0.05) is 0 Å². The second kappa shape index (κ2) is 5.99. The topological polar surface area (TPSA) is 67.9 Å². The predicted molar refractivity (Wildman–Crippen MR) is 75.8 cm³/mol. The van der Waals surface area contributed by atoms with Crippen LogP contribution in [0.4, 0.5) is 0 Å². The van der Waals surface area contributed by atoms with Crippen LogP contribution in [0.2, 0.25) is 0 Å². The van der Waals surface area contributed by atoms with Gasteiger partial charge in [-0.15, -0.1) is 0 Å². The van der Waals surface area contributed by atoms with Crippen LogP contribution in [0.25, 0.3) is 0 Å². The summed E-state index contributed by atoms with van der Waals surface area (Å²) in [7, 11) is -0.569. The Morgan fingerprint density at radius 2 is 2.05 bits per heavy atom. The fourth-order valence-corrected chi connectivity index (χ4v) is 3.91. The van der Waals surface area contributed by atoms with Gasteiger partial charge >= 0.3 is 0 Å². The maximum absolute atomic E-state index is 12.7. The number of nitrogens with zero attached hydrogens (tertiary/aromatic N) is 1. The molecule has 1 aliphatic rings. The van der Waals surface area contributed by atoms with Crippen LogP contribution in [0.3, 0.4) is 0 Å². The van der Waals surface area contributed by atoms with E-state index in [2.05, 4.69) is 5.32 Å². The summed E-state index contributed by atoms with van der Waals surface area (Å²) >= 11 is 0. The number of ether oxygens (including phenoxy) is 2. The average Bonchev–Trinajstić information content (AvgIpc) is 2.46. The molecule has 0 spiro atoms. The monoisotopic (exact) mass is 300 g/mol. The molecule has 7 heteroatoms. The van der Waals surface area contributed by atoms with Crippen LogP contribution in [-0.4, -0.2) is 52.6 Å². The van der Waals surface area contributed by atoms with E-state index in [1.807, 2.05) is 6.92 Å². The molecule has 1 atom stereocenters. The molecular weight excluding hydrogens is 280 g/mol. The summed E-state index contributed by atoms with van der Waals surface area (Å²) in [5.74, 6) is 0.866. The van der Waals surface area contributed by atoms with Crippen molar-refractivity contribution < 1.29 is 17.9 Å². The third-order valence-electron chi connectivity index (χ3n) is 3.32. The van der Waals surface area contributed by atoms with Crippen molar-refractivity contribution in [3.05, 3.63) is 18.2 Å². The zero-order chi connectivity index (χ0) is 14.8. The normalized spacial score (nSPS) is 20.6. The van der Waals surface area contributed by atoms with Crippen molar-refractivity contribution in [3.8, 4) is 11.5 Å². The first-order valence-electron chi connectivity index (χ1n) is 6.44. The molecule has 20 heavy (non-hydrogen) atoms. The van der Waals surface area contributed by atoms with Crippen LogP contribution >= 0.6 is 0 Å². The molecule has 2 rings (SSSR count). The number of hydrogen-bond donors (Lipinski definition) is 1. The van der Waals surface area contributed by atoms with Gasteiger partial charge in [0, 0.05) is 31.7 Å². The van der Waals surface area contributed by atoms with E-state index in [0.29, 0.717) is 31.1 Å². The number of sulfonamides is 1. The summed E-state index contributed by atoms with van der Waals surface area (Å²) in [6, 6.07) is 4.88. The second-order valence-corrected chi connectivity index (χ2v) is 6.64. The van der Waals surface area contributed by atoms with Crippen molar-refractivity contribution in [1.29, 1.82) is 0 Å². The summed E-state index contributed by atoms with van der Waals surface area (Å²) in [4.78, 5) is 0.176. The summed E-state index contributed by atoms with van der Waals surface area (Å²) in [6.45, 7) is 3.53. The van der Waals surface area contributed by atoms with E-state index in [9.17, 15) is 8.42 Å². The number of piperazine rings is 1. The molecule has 1 heterocycles. The Morgan fingerprint density at radius 1 is 1.30 bits per heavy atom. The molecule has 0 saturated carbocycles. The molecule has 1 fully saturated rings.